The normalized spacial score (nSPS) is 16.8. The van der Waals surface area contributed by atoms with Gasteiger partial charge < -0.3 is 20.7 Å². The summed E-state index contributed by atoms with van der Waals surface area (Å²) in [7, 11) is 1.86. The number of anilines is 1. The van der Waals surface area contributed by atoms with Crippen molar-refractivity contribution in [2.24, 2.45) is 18.7 Å². The molecule has 1 amide bonds. The van der Waals surface area contributed by atoms with Crippen LogP contribution in [0.2, 0.25) is 0 Å². The molecule has 128 valence electrons. The average molecular weight is 328 g/mol. The molecule has 1 aromatic heterocycles. The number of nitrogens with zero attached hydrogens (tertiary/aromatic N) is 2. The monoisotopic (exact) mass is 328 g/mol. The minimum absolute atomic E-state index is 0.0997. The van der Waals surface area contributed by atoms with Crippen molar-refractivity contribution in [1.29, 1.82) is 0 Å². The Labute approximate surface area is 141 Å². The van der Waals surface area contributed by atoms with Crippen LogP contribution in [0.4, 0.5) is 5.69 Å². The molecule has 0 aliphatic heterocycles. The number of hydrogen-bond acceptors (Lipinski definition) is 4. The molecular formula is C18H24N4O2. The van der Waals surface area contributed by atoms with Crippen molar-refractivity contribution >= 4 is 11.6 Å². The van der Waals surface area contributed by atoms with Gasteiger partial charge in [0.05, 0.1) is 24.3 Å². The Morgan fingerprint density at radius 3 is 2.75 bits per heavy atom. The van der Waals surface area contributed by atoms with Crippen LogP contribution in [0.1, 0.15) is 32.1 Å². The largest absolute Gasteiger partial charge is 0.507 e. The van der Waals surface area contributed by atoms with Gasteiger partial charge in [-0.25, -0.2) is 4.98 Å². The number of hydrogen-bond donors (Lipinski definition) is 3. The number of nitrogens with one attached hydrogen (secondary N) is 1. The summed E-state index contributed by atoms with van der Waals surface area (Å²) in [5.41, 5.74) is 8.15. The smallest absolute Gasteiger partial charge is 0.241 e. The maximum Gasteiger partial charge on any atom is 0.241 e. The SMILES string of the molecule is Cn1cncc1-c1ccc(NC(=O)C(N)C2CCCCC2)cc1O. The Kier molecular flexibility index (Phi) is 4.85. The van der Waals surface area contributed by atoms with Crippen LogP contribution in [-0.2, 0) is 11.8 Å². The molecule has 1 atom stereocenters. The van der Waals surface area contributed by atoms with Crippen LogP contribution in [0.25, 0.3) is 11.3 Å². The minimum Gasteiger partial charge on any atom is -0.507 e. The molecule has 1 aliphatic carbocycles. The van der Waals surface area contributed by atoms with Gasteiger partial charge in [-0.05, 0) is 30.9 Å². The summed E-state index contributed by atoms with van der Waals surface area (Å²) in [6, 6.07) is 4.60. The molecule has 0 spiro atoms. The summed E-state index contributed by atoms with van der Waals surface area (Å²) in [5.74, 6) is 0.165. The van der Waals surface area contributed by atoms with E-state index in [1.54, 1.807) is 30.7 Å². The lowest BCUT2D eigenvalue weighted by Gasteiger charge is -2.26. The van der Waals surface area contributed by atoms with Gasteiger partial charge in [-0.2, -0.15) is 0 Å². The highest BCUT2D eigenvalue weighted by molar-refractivity contribution is 5.95. The second-order valence-corrected chi connectivity index (χ2v) is 6.53. The van der Waals surface area contributed by atoms with Crippen LogP contribution in [0.15, 0.2) is 30.7 Å². The molecule has 3 rings (SSSR count). The van der Waals surface area contributed by atoms with E-state index >= 15 is 0 Å². The van der Waals surface area contributed by atoms with Crippen molar-refractivity contribution < 1.29 is 9.90 Å². The van der Waals surface area contributed by atoms with Gasteiger partial charge in [-0.1, -0.05) is 19.3 Å². The predicted molar refractivity (Wildman–Crippen MR) is 93.5 cm³/mol. The molecule has 1 aliphatic rings. The molecule has 0 radical (unpaired) electrons. The highest BCUT2D eigenvalue weighted by atomic mass is 16.3. The van der Waals surface area contributed by atoms with Crippen molar-refractivity contribution in [2.75, 3.05) is 5.32 Å². The maximum atomic E-state index is 12.4. The number of phenolic OH excluding ortho intramolecular Hbond substituents is 1. The number of amides is 1. The number of aryl methyl sites for hydroxylation is 1. The first-order chi connectivity index (χ1) is 11.6. The van der Waals surface area contributed by atoms with Gasteiger partial charge in [0.25, 0.3) is 0 Å². The molecule has 1 unspecified atom stereocenters. The summed E-state index contributed by atoms with van der Waals surface area (Å²) in [4.78, 5) is 16.4. The van der Waals surface area contributed by atoms with Crippen LogP contribution in [0, 0.1) is 5.92 Å². The van der Waals surface area contributed by atoms with E-state index in [2.05, 4.69) is 10.3 Å². The zero-order valence-corrected chi connectivity index (χ0v) is 13.9. The fourth-order valence-electron chi connectivity index (χ4n) is 3.38. The molecule has 6 heteroatoms. The molecule has 2 aromatic rings. The number of aromatic nitrogens is 2. The Hall–Kier alpha value is -2.34. The van der Waals surface area contributed by atoms with Crippen molar-refractivity contribution in [3.05, 3.63) is 30.7 Å². The Bertz CT molecular complexity index is 720. The first-order valence-corrected chi connectivity index (χ1v) is 8.42. The van der Waals surface area contributed by atoms with Crippen molar-refractivity contribution in [3.63, 3.8) is 0 Å². The second-order valence-electron chi connectivity index (χ2n) is 6.53. The number of benzene rings is 1. The van der Waals surface area contributed by atoms with Gasteiger partial charge in [0.15, 0.2) is 0 Å². The zero-order valence-electron chi connectivity index (χ0n) is 13.9. The number of phenols is 1. The first kappa shape index (κ1) is 16.5. The number of nitrogens with two attached hydrogens (primary N) is 1. The van der Waals surface area contributed by atoms with E-state index in [0.717, 1.165) is 31.4 Å². The van der Waals surface area contributed by atoms with Crippen LogP contribution in [-0.4, -0.2) is 26.6 Å². The fraction of sp³-hybridized carbons (Fsp3) is 0.444. The summed E-state index contributed by atoms with van der Waals surface area (Å²) in [5, 5.41) is 13.1. The number of carbonyl (C=O) groups excluding carboxylic acids is 1. The summed E-state index contributed by atoms with van der Waals surface area (Å²) in [6.07, 6.45) is 8.91. The van der Waals surface area contributed by atoms with E-state index in [1.165, 1.54) is 6.42 Å². The zero-order chi connectivity index (χ0) is 17.1. The lowest BCUT2D eigenvalue weighted by atomic mass is 9.84. The Morgan fingerprint density at radius 2 is 2.12 bits per heavy atom. The molecular weight excluding hydrogens is 304 g/mol. The maximum absolute atomic E-state index is 12.4. The van der Waals surface area contributed by atoms with Crippen LogP contribution in [0.5, 0.6) is 5.75 Å². The fourth-order valence-corrected chi connectivity index (χ4v) is 3.38. The van der Waals surface area contributed by atoms with Gasteiger partial charge in [0.1, 0.15) is 5.75 Å². The third-order valence-corrected chi connectivity index (χ3v) is 4.82. The standard InChI is InChI=1S/C18H24N4O2/c1-22-11-20-10-15(22)14-8-7-13(9-16(14)23)21-18(24)17(19)12-5-3-2-4-6-12/h7-12,17,23H,2-6,19H2,1H3,(H,21,24). The van der Waals surface area contributed by atoms with E-state index in [4.69, 9.17) is 5.73 Å². The first-order valence-electron chi connectivity index (χ1n) is 8.42. The van der Waals surface area contributed by atoms with Gasteiger partial charge in [0, 0.05) is 24.4 Å². The third-order valence-electron chi connectivity index (χ3n) is 4.82. The molecule has 1 saturated carbocycles. The van der Waals surface area contributed by atoms with E-state index in [0.29, 0.717) is 11.3 Å². The van der Waals surface area contributed by atoms with Crippen LogP contribution >= 0.6 is 0 Å². The van der Waals surface area contributed by atoms with Crippen LogP contribution in [0.3, 0.4) is 0 Å². The van der Waals surface area contributed by atoms with E-state index in [9.17, 15) is 9.90 Å². The average Bonchev–Trinajstić information content (AvgIpc) is 3.01. The number of rotatable bonds is 4. The predicted octanol–water partition coefficient (Wildman–Crippen LogP) is 2.64. The van der Waals surface area contributed by atoms with Crippen molar-refractivity contribution in [2.45, 2.75) is 38.1 Å². The lowest BCUT2D eigenvalue weighted by Crippen LogP contribution is -2.42. The van der Waals surface area contributed by atoms with Gasteiger partial charge >= 0.3 is 0 Å². The van der Waals surface area contributed by atoms with Crippen molar-refractivity contribution in [3.8, 4) is 17.0 Å². The van der Waals surface area contributed by atoms with Gasteiger partial charge in [0.2, 0.25) is 5.91 Å². The van der Waals surface area contributed by atoms with Gasteiger partial charge in [-0.3, -0.25) is 4.79 Å². The van der Waals surface area contributed by atoms with E-state index in [-0.39, 0.29) is 17.6 Å². The van der Waals surface area contributed by atoms with Crippen LogP contribution < -0.4 is 11.1 Å². The van der Waals surface area contributed by atoms with Gasteiger partial charge in [-0.15, -0.1) is 0 Å². The highest BCUT2D eigenvalue weighted by Crippen LogP contribution is 2.31. The Morgan fingerprint density at radius 1 is 1.38 bits per heavy atom. The number of imidazole rings is 1. The molecule has 6 nitrogen and oxygen atoms in total. The molecule has 4 N–H and O–H groups in total. The summed E-state index contributed by atoms with van der Waals surface area (Å²) in [6.45, 7) is 0. The second kappa shape index (κ2) is 7.05. The number of carbonyl (C=O) groups is 1. The molecule has 0 saturated heterocycles. The number of aromatic hydroxyl groups is 1. The lowest BCUT2D eigenvalue weighted by molar-refractivity contribution is -0.118. The molecule has 1 heterocycles. The quantitative estimate of drug-likeness (QED) is 0.804. The van der Waals surface area contributed by atoms with Crippen molar-refractivity contribution in [1.82, 2.24) is 9.55 Å². The third kappa shape index (κ3) is 3.43. The highest BCUT2D eigenvalue weighted by Gasteiger charge is 2.26. The Balaban J connectivity index is 1.70. The van der Waals surface area contributed by atoms with E-state index in [1.807, 2.05) is 11.6 Å². The van der Waals surface area contributed by atoms with E-state index < -0.39 is 6.04 Å². The topological polar surface area (TPSA) is 93.2 Å². The molecule has 1 fully saturated rings. The minimum atomic E-state index is -0.496. The molecule has 1 aromatic carbocycles. The summed E-state index contributed by atoms with van der Waals surface area (Å²) < 4.78 is 1.83. The molecule has 0 bridgehead atoms. The molecule has 24 heavy (non-hydrogen) atoms. The summed E-state index contributed by atoms with van der Waals surface area (Å²) >= 11 is 0.